The van der Waals surface area contributed by atoms with Crippen molar-refractivity contribution in [1.29, 1.82) is 0 Å². The molecule has 1 aromatic carbocycles. The fourth-order valence-electron chi connectivity index (χ4n) is 1.38. The van der Waals surface area contributed by atoms with Gasteiger partial charge in [0.1, 0.15) is 16.1 Å². The van der Waals surface area contributed by atoms with Crippen molar-refractivity contribution in [3.63, 3.8) is 0 Å². The van der Waals surface area contributed by atoms with Gasteiger partial charge in [0, 0.05) is 7.05 Å². The Bertz CT molecular complexity index is 628. The van der Waals surface area contributed by atoms with E-state index in [2.05, 4.69) is 10.4 Å². The van der Waals surface area contributed by atoms with E-state index in [0.29, 0.717) is 5.75 Å². The van der Waals surface area contributed by atoms with Crippen molar-refractivity contribution in [1.82, 2.24) is 14.8 Å². The Kier molecular flexibility index (Phi) is 5.69. The number of para-hydroxylation sites is 1. The Morgan fingerprint density at radius 1 is 1.24 bits per heavy atom. The van der Waals surface area contributed by atoms with Gasteiger partial charge in [-0.05, 0) is 24.3 Å². The van der Waals surface area contributed by atoms with E-state index in [9.17, 15) is 4.79 Å². The lowest BCUT2D eigenvalue weighted by Crippen LogP contribution is -2.35. The van der Waals surface area contributed by atoms with E-state index >= 15 is 0 Å². The second kappa shape index (κ2) is 7.51. The predicted molar refractivity (Wildman–Crippen MR) is 84.1 cm³/mol. The minimum Gasteiger partial charge on any atom is -0.408 e. The molecule has 1 aromatic heterocycles. The number of carbonyl (C=O) groups is 1. The van der Waals surface area contributed by atoms with Gasteiger partial charge in [-0.2, -0.15) is 0 Å². The molecule has 0 atom stereocenters. The monoisotopic (exact) mass is 343 g/mol. The highest BCUT2D eigenvalue weighted by atomic mass is 35.5. The van der Waals surface area contributed by atoms with Gasteiger partial charge in [0.15, 0.2) is 12.2 Å². The van der Waals surface area contributed by atoms with E-state index in [4.69, 9.17) is 27.4 Å². The molecule has 0 saturated heterocycles. The Hall–Kier alpha value is -1.47. The maximum Gasteiger partial charge on any atom is 0.269 e. The van der Waals surface area contributed by atoms with Crippen molar-refractivity contribution in [3.8, 4) is 5.75 Å². The minimum atomic E-state index is -0.407. The van der Waals surface area contributed by atoms with Gasteiger partial charge in [-0.3, -0.25) is 10.2 Å². The first-order valence-corrected chi connectivity index (χ1v) is 7.28. The molecule has 0 radical (unpaired) electrons. The number of halogens is 2. The molecule has 0 saturated carbocycles. The maximum absolute atomic E-state index is 12.0. The second-order valence-corrected chi connectivity index (χ2v) is 5.49. The molecular formula is C13H11Cl2N3O2S. The van der Waals surface area contributed by atoms with E-state index in [-0.39, 0.29) is 15.9 Å². The summed E-state index contributed by atoms with van der Waals surface area (Å²) in [6.07, 6.45) is 0. The number of nitrogens with zero attached hydrogens (tertiary/aromatic N) is 2. The molecule has 1 N–H and O–H groups in total. The molecule has 0 aliphatic carbocycles. The maximum atomic E-state index is 12.0. The molecule has 1 heterocycles. The molecule has 0 bridgehead atoms. The standard InChI is InChI=1S/C13H11Cl2N3O2S/c1-18(21-20-9-5-3-2-4-6-9)17-13(19)10-7-8-11(14)16-12(10)15/h2-8H,1H3,(H,17,19). The molecule has 0 spiro atoms. The predicted octanol–water partition coefficient (Wildman–Crippen LogP) is 3.61. The summed E-state index contributed by atoms with van der Waals surface area (Å²) < 4.78 is 6.83. The molecule has 0 unspecified atom stereocenters. The Morgan fingerprint density at radius 3 is 2.62 bits per heavy atom. The number of nitrogens with one attached hydrogen (secondary N) is 1. The fraction of sp³-hybridized carbons (Fsp3) is 0.0769. The van der Waals surface area contributed by atoms with Crippen LogP contribution in [0.25, 0.3) is 0 Å². The van der Waals surface area contributed by atoms with Gasteiger partial charge in [-0.25, -0.2) is 4.98 Å². The van der Waals surface area contributed by atoms with Gasteiger partial charge in [-0.15, -0.1) is 4.41 Å². The second-order valence-electron chi connectivity index (χ2n) is 3.88. The van der Waals surface area contributed by atoms with E-state index < -0.39 is 5.91 Å². The van der Waals surface area contributed by atoms with Gasteiger partial charge in [0.05, 0.1) is 5.56 Å². The molecule has 110 valence electrons. The normalized spacial score (nSPS) is 10.5. The first-order valence-electron chi connectivity index (χ1n) is 5.82. The minimum absolute atomic E-state index is 0.0439. The zero-order chi connectivity index (χ0) is 15.2. The zero-order valence-electron chi connectivity index (χ0n) is 10.9. The molecule has 2 rings (SSSR count). The molecule has 0 aliphatic rings. The summed E-state index contributed by atoms with van der Waals surface area (Å²) in [5.74, 6) is 0.269. The molecule has 0 fully saturated rings. The van der Waals surface area contributed by atoms with Crippen LogP contribution in [0.3, 0.4) is 0 Å². The first kappa shape index (κ1) is 15.9. The van der Waals surface area contributed by atoms with Gasteiger partial charge in [0.2, 0.25) is 0 Å². The van der Waals surface area contributed by atoms with E-state index in [1.807, 2.05) is 30.3 Å². The summed E-state index contributed by atoms with van der Waals surface area (Å²) in [6, 6.07) is 12.2. The average Bonchev–Trinajstić information content (AvgIpc) is 2.46. The van der Waals surface area contributed by atoms with Crippen molar-refractivity contribution in [2.75, 3.05) is 7.05 Å². The number of benzene rings is 1. The number of carbonyl (C=O) groups excluding carboxylic acids is 1. The van der Waals surface area contributed by atoms with Crippen LogP contribution in [-0.2, 0) is 0 Å². The summed E-state index contributed by atoms with van der Waals surface area (Å²) in [7, 11) is 1.64. The fourth-order valence-corrected chi connectivity index (χ4v) is 2.24. The first-order chi connectivity index (χ1) is 10.1. The van der Waals surface area contributed by atoms with E-state index in [0.717, 1.165) is 12.2 Å². The molecule has 1 amide bonds. The lowest BCUT2D eigenvalue weighted by molar-refractivity contribution is 0.0897. The number of rotatable bonds is 5. The van der Waals surface area contributed by atoms with Crippen LogP contribution in [0.15, 0.2) is 42.5 Å². The molecule has 8 heteroatoms. The van der Waals surface area contributed by atoms with Crippen molar-refractivity contribution in [2.24, 2.45) is 0 Å². The highest BCUT2D eigenvalue weighted by molar-refractivity contribution is 7.92. The molecule has 21 heavy (non-hydrogen) atoms. The topological polar surface area (TPSA) is 54.5 Å². The van der Waals surface area contributed by atoms with Gasteiger partial charge >= 0.3 is 0 Å². The van der Waals surface area contributed by atoms with E-state index in [1.165, 1.54) is 16.5 Å². The Balaban J connectivity index is 1.90. The van der Waals surface area contributed by atoms with Crippen LogP contribution in [0.2, 0.25) is 10.3 Å². The summed E-state index contributed by atoms with van der Waals surface area (Å²) in [5, 5.41) is 0.272. The summed E-state index contributed by atoms with van der Waals surface area (Å²) in [6.45, 7) is 0. The quantitative estimate of drug-likeness (QED) is 0.389. The smallest absolute Gasteiger partial charge is 0.269 e. The molecular weight excluding hydrogens is 333 g/mol. The highest BCUT2D eigenvalue weighted by Gasteiger charge is 2.14. The summed E-state index contributed by atoms with van der Waals surface area (Å²) in [4.78, 5) is 15.8. The highest BCUT2D eigenvalue weighted by Crippen LogP contribution is 2.18. The number of hydrogen-bond acceptors (Lipinski definition) is 5. The Morgan fingerprint density at radius 2 is 1.95 bits per heavy atom. The van der Waals surface area contributed by atoms with Crippen LogP contribution in [-0.4, -0.2) is 22.4 Å². The number of aromatic nitrogens is 1. The van der Waals surface area contributed by atoms with Crippen LogP contribution >= 0.6 is 35.4 Å². The van der Waals surface area contributed by atoms with Crippen LogP contribution < -0.4 is 9.61 Å². The lowest BCUT2D eigenvalue weighted by Gasteiger charge is -2.16. The van der Waals surface area contributed by atoms with Crippen LogP contribution in [0, 0.1) is 0 Å². The van der Waals surface area contributed by atoms with Crippen molar-refractivity contribution in [2.45, 2.75) is 0 Å². The van der Waals surface area contributed by atoms with Crippen LogP contribution in [0.1, 0.15) is 10.4 Å². The van der Waals surface area contributed by atoms with Crippen LogP contribution in [0.5, 0.6) is 5.75 Å². The number of amides is 1. The Labute approximate surface area is 136 Å². The lowest BCUT2D eigenvalue weighted by atomic mass is 10.3. The zero-order valence-corrected chi connectivity index (χ0v) is 13.2. The molecule has 2 aromatic rings. The molecule has 5 nitrogen and oxygen atoms in total. The molecule has 0 aliphatic heterocycles. The van der Waals surface area contributed by atoms with Gasteiger partial charge in [0.25, 0.3) is 5.91 Å². The van der Waals surface area contributed by atoms with Crippen molar-refractivity contribution in [3.05, 3.63) is 58.3 Å². The summed E-state index contributed by atoms with van der Waals surface area (Å²) >= 11 is 12.5. The summed E-state index contributed by atoms with van der Waals surface area (Å²) in [5.41, 5.74) is 2.82. The largest absolute Gasteiger partial charge is 0.408 e. The van der Waals surface area contributed by atoms with E-state index in [1.54, 1.807) is 7.05 Å². The number of hydrogen-bond donors (Lipinski definition) is 1. The number of hydrazine groups is 1. The number of pyridine rings is 1. The van der Waals surface area contributed by atoms with Gasteiger partial charge < -0.3 is 4.18 Å². The SMILES string of the molecule is CN(NC(=O)c1ccc(Cl)nc1Cl)SOc1ccccc1. The van der Waals surface area contributed by atoms with Gasteiger partial charge in [-0.1, -0.05) is 41.4 Å². The van der Waals surface area contributed by atoms with Crippen LogP contribution in [0.4, 0.5) is 0 Å². The average molecular weight is 344 g/mol. The third-order valence-corrected chi connectivity index (χ3v) is 3.39. The van der Waals surface area contributed by atoms with Crippen molar-refractivity contribution >= 4 is 41.3 Å². The third kappa shape index (κ3) is 4.78. The third-order valence-electron chi connectivity index (χ3n) is 2.31. The van der Waals surface area contributed by atoms with Crippen molar-refractivity contribution < 1.29 is 8.98 Å².